The number of hydrogen-bond donors (Lipinski definition) is 3. The summed E-state index contributed by atoms with van der Waals surface area (Å²) in [4.78, 5) is 31.5. The average Bonchev–Trinajstić information content (AvgIpc) is 3.43. The van der Waals surface area contributed by atoms with E-state index in [1.165, 1.54) is 0 Å². The molecule has 2 aromatic heterocycles. The van der Waals surface area contributed by atoms with Gasteiger partial charge >= 0.3 is 6.03 Å². The lowest BCUT2D eigenvalue weighted by atomic mass is 9.93. The Morgan fingerprint density at radius 2 is 1.79 bits per heavy atom. The Labute approximate surface area is 227 Å². The molecule has 0 radical (unpaired) electrons. The molecule has 10 heteroatoms. The second kappa shape index (κ2) is 10.8. The fraction of sp³-hybridized carbons (Fsp3) is 0.429. The molecule has 3 N–H and O–H groups in total. The van der Waals surface area contributed by atoms with Gasteiger partial charge in [-0.05, 0) is 70.1 Å². The minimum atomic E-state index is -0.453. The predicted molar refractivity (Wildman–Crippen MR) is 153 cm³/mol. The maximum Gasteiger partial charge on any atom is 0.324 e. The molecule has 38 heavy (non-hydrogen) atoms. The first-order chi connectivity index (χ1) is 17.9. The van der Waals surface area contributed by atoms with Crippen molar-refractivity contribution in [2.45, 2.75) is 64.5 Å². The summed E-state index contributed by atoms with van der Waals surface area (Å²) in [7, 11) is 2.13. The first-order valence-corrected chi connectivity index (χ1v) is 12.7. The van der Waals surface area contributed by atoms with E-state index < -0.39 is 6.03 Å². The van der Waals surface area contributed by atoms with Crippen LogP contribution >= 0.6 is 0 Å². The first-order valence-electron chi connectivity index (χ1n) is 12.7. The van der Waals surface area contributed by atoms with Gasteiger partial charge < -0.3 is 19.9 Å². The SMILES string of the molecule is CN1C(COc2ccc(C(=O)Nc3ccc(NC(=O)Nc4cc(C(C)(C)C)on4)cc3)nc2)CCC1(C)C.[HH].[HH].[HH]. The molecular formula is C28H42N6O4. The lowest BCUT2D eigenvalue weighted by molar-refractivity contribution is 0.102. The zero-order valence-electron chi connectivity index (χ0n) is 22.8. The number of ether oxygens (including phenoxy) is 1. The topological polar surface area (TPSA) is 122 Å². The molecule has 1 aliphatic rings. The van der Waals surface area contributed by atoms with Crippen molar-refractivity contribution in [1.82, 2.24) is 15.0 Å². The number of likely N-dealkylation sites (tertiary alicyclic amines) is 1. The molecule has 208 valence electrons. The molecule has 10 nitrogen and oxygen atoms in total. The van der Waals surface area contributed by atoms with Crippen molar-refractivity contribution >= 4 is 29.1 Å². The molecule has 0 bridgehead atoms. The van der Waals surface area contributed by atoms with Crippen LogP contribution in [0.25, 0.3) is 0 Å². The molecule has 1 unspecified atom stereocenters. The second-order valence-electron chi connectivity index (χ2n) is 11.2. The minimum absolute atomic E-state index is 0. The monoisotopic (exact) mass is 526 g/mol. The van der Waals surface area contributed by atoms with Crippen molar-refractivity contribution in [3.63, 3.8) is 0 Å². The van der Waals surface area contributed by atoms with Crippen LogP contribution in [0.5, 0.6) is 5.75 Å². The Bertz CT molecular complexity index is 1280. The van der Waals surface area contributed by atoms with E-state index in [9.17, 15) is 9.59 Å². The number of likely N-dealkylation sites (N-methyl/N-ethyl adjacent to an activating group) is 1. The normalized spacial score (nSPS) is 17.2. The Kier molecular flexibility index (Phi) is 7.73. The molecule has 3 aromatic rings. The summed E-state index contributed by atoms with van der Waals surface area (Å²) in [6.07, 6.45) is 3.80. The summed E-state index contributed by atoms with van der Waals surface area (Å²) >= 11 is 0. The lowest BCUT2D eigenvalue weighted by Gasteiger charge is -2.31. The van der Waals surface area contributed by atoms with Gasteiger partial charge in [-0.2, -0.15) is 0 Å². The average molecular weight is 527 g/mol. The van der Waals surface area contributed by atoms with Crippen molar-refractivity contribution in [1.29, 1.82) is 0 Å². The number of amides is 3. The van der Waals surface area contributed by atoms with E-state index in [1.54, 1.807) is 48.7 Å². The zero-order valence-corrected chi connectivity index (χ0v) is 22.8. The summed E-state index contributed by atoms with van der Waals surface area (Å²) < 4.78 is 11.2. The number of nitrogens with one attached hydrogen (secondary N) is 3. The van der Waals surface area contributed by atoms with Gasteiger partial charge in [-0.15, -0.1) is 0 Å². The molecule has 0 aliphatic carbocycles. The number of pyridine rings is 1. The van der Waals surface area contributed by atoms with E-state index in [4.69, 9.17) is 9.26 Å². The largest absolute Gasteiger partial charge is 0.490 e. The van der Waals surface area contributed by atoms with Gasteiger partial charge in [0.15, 0.2) is 5.82 Å². The van der Waals surface area contributed by atoms with Crippen LogP contribution in [0.3, 0.4) is 0 Å². The highest BCUT2D eigenvalue weighted by Crippen LogP contribution is 2.32. The van der Waals surface area contributed by atoms with Crippen LogP contribution in [0.4, 0.5) is 22.0 Å². The van der Waals surface area contributed by atoms with Crippen molar-refractivity contribution in [3.05, 3.63) is 60.1 Å². The molecule has 1 saturated heterocycles. The molecule has 1 atom stereocenters. The third-order valence-corrected chi connectivity index (χ3v) is 6.89. The Morgan fingerprint density at radius 1 is 1.11 bits per heavy atom. The molecule has 1 aliphatic heterocycles. The molecule has 3 heterocycles. The van der Waals surface area contributed by atoms with E-state index >= 15 is 0 Å². The van der Waals surface area contributed by atoms with Gasteiger partial charge in [0.2, 0.25) is 0 Å². The first kappa shape index (κ1) is 27.1. The van der Waals surface area contributed by atoms with E-state index in [1.807, 2.05) is 20.8 Å². The molecule has 3 amide bonds. The number of nitrogens with zero attached hydrogens (tertiary/aromatic N) is 3. The van der Waals surface area contributed by atoms with Crippen LogP contribution in [-0.2, 0) is 5.41 Å². The maximum atomic E-state index is 12.6. The highest BCUT2D eigenvalue weighted by atomic mass is 16.5. The molecule has 0 spiro atoms. The Hall–Kier alpha value is -3.92. The van der Waals surface area contributed by atoms with E-state index in [-0.39, 0.29) is 26.8 Å². The van der Waals surface area contributed by atoms with Crippen LogP contribution in [0.1, 0.15) is 68.0 Å². The second-order valence-corrected chi connectivity index (χ2v) is 11.2. The smallest absolute Gasteiger partial charge is 0.324 e. The Balaban J connectivity index is 0.00000280. The maximum absolute atomic E-state index is 12.6. The van der Waals surface area contributed by atoms with Crippen LogP contribution in [-0.4, -0.2) is 52.2 Å². The van der Waals surface area contributed by atoms with Crippen molar-refractivity contribution in [3.8, 4) is 5.75 Å². The van der Waals surface area contributed by atoms with Crippen LogP contribution in [0.15, 0.2) is 53.2 Å². The van der Waals surface area contributed by atoms with Gasteiger partial charge in [0.1, 0.15) is 23.8 Å². The van der Waals surface area contributed by atoms with Gasteiger partial charge in [-0.1, -0.05) is 25.9 Å². The highest BCUT2D eigenvalue weighted by molar-refractivity contribution is 6.03. The number of carbonyl (C=O) groups excluding carboxylic acids is 2. The lowest BCUT2D eigenvalue weighted by Crippen LogP contribution is -2.41. The van der Waals surface area contributed by atoms with Crippen molar-refractivity contribution < 1.29 is 23.1 Å². The number of benzene rings is 1. The quantitative estimate of drug-likeness (QED) is 0.332. The summed E-state index contributed by atoms with van der Waals surface area (Å²) in [5.74, 6) is 1.29. The molecule has 4 rings (SSSR count). The summed E-state index contributed by atoms with van der Waals surface area (Å²) in [6.45, 7) is 11.1. The third-order valence-electron chi connectivity index (χ3n) is 6.89. The van der Waals surface area contributed by atoms with Crippen LogP contribution < -0.4 is 20.7 Å². The predicted octanol–water partition coefficient (Wildman–Crippen LogP) is 6.25. The van der Waals surface area contributed by atoms with Crippen LogP contribution in [0, 0.1) is 0 Å². The summed E-state index contributed by atoms with van der Waals surface area (Å²) in [5.41, 5.74) is 1.37. The van der Waals surface area contributed by atoms with Gasteiger partial charge in [0, 0.05) is 38.7 Å². The fourth-order valence-corrected chi connectivity index (χ4v) is 4.17. The van der Waals surface area contributed by atoms with E-state index in [2.05, 4.69) is 51.9 Å². The summed E-state index contributed by atoms with van der Waals surface area (Å²) in [5, 5.41) is 12.0. The number of aromatic nitrogens is 2. The standard InChI is InChI=1S/C28H36N6O4.3H2/c1-27(2,3)23-15-24(33-38-23)32-26(36)31-19-9-7-18(8-10-19)30-25(35)22-12-11-21(16-29-22)37-17-20-13-14-28(4,5)34(20)6;;;/h7-12,15-16,20H,13-14,17H2,1-6H3,(H,30,35)(H2,31,32,33,36);3*1H. The molecule has 1 fully saturated rings. The van der Waals surface area contributed by atoms with E-state index in [0.717, 1.165) is 12.8 Å². The molecule has 0 saturated carbocycles. The minimum Gasteiger partial charge on any atom is -0.490 e. The summed E-state index contributed by atoms with van der Waals surface area (Å²) in [6, 6.07) is 11.8. The number of urea groups is 1. The number of carbonyl (C=O) groups is 2. The van der Waals surface area contributed by atoms with Gasteiger partial charge in [-0.25, -0.2) is 9.78 Å². The highest BCUT2D eigenvalue weighted by Gasteiger charge is 2.36. The van der Waals surface area contributed by atoms with Crippen molar-refractivity contribution in [2.24, 2.45) is 0 Å². The number of hydrogen-bond acceptors (Lipinski definition) is 7. The third kappa shape index (κ3) is 6.69. The van der Waals surface area contributed by atoms with Gasteiger partial charge in [-0.3, -0.25) is 15.0 Å². The zero-order chi connectivity index (χ0) is 27.5. The van der Waals surface area contributed by atoms with Crippen LogP contribution in [0.2, 0.25) is 0 Å². The van der Waals surface area contributed by atoms with E-state index in [0.29, 0.717) is 41.4 Å². The van der Waals surface area contributed by atoms with Gasteiger partial charge in [0.05, 0.1) is 6.20 Å². The number of anilines is 3. The van der Waals surface area contributed by atoms with Crippen molar-refractivity contribution in [2.75, 3.05) is 29.6 Å². The number of rotatable bonds is 7. The Morgan fingerprint density at radius 3 is 2.34 bits per heavy atom. The van der Waals surface area contributed by atoms with Gasteiger partial charge in [0.25, 0.3) is 5.91 Å². The fourth-order valence-electron chi connectivity index (χ4n) is 4.17. The molecular weight excluding hydrogens is 484 g/mol. The molecule has 1 aromatic carbocycles.